The number of likely N-dealkylation sites (tertiary alicyclic amines) is 1. The molecule has 0 bridgehead atoms. The number of aromatic nitrogens is 2. The van der Waals surface area contributed by atoms with E-state index in [0.717, 1.165) is 60.8 Å². The zero-order chi connectivity index (χ0) is 29.4. The highest BCUT2D eigenvalue weighted by Crippen LogP contribution is 2.35. The van der Waals surface area contributed by atoms with Gasteiger partial charge in [0, 0.05) is 24.5 Å². The van der Waals surface area contributed by atoms with Crippen molar-refractivity contribution in [2.24, 2.45) is 7.05 Å². The van der Waals surface area contributed by atoms with Crippen LogP contribution in [0, 0.1) is 0 Å². The minimum absolute atomic E-state index is 0.154. The maximum Gasteiger partial charge on any atom is 0.349 e. The van der Waals surface area contributed by atoms with Crippen LogP contribution in [0.2, 0.25) is 5.02 Å². The fourth-order valence-corrected chi connectivity index (χ4v) is 5.68. The summed E-state index contributed by atoms with van der Waals surface area (Å²) in [5, 5.41) is 19.3. The molecule has 3 aromatic carbocycles. The van der Waals surface area contributed by atoms with Gasteiger partial charge in [-0.1, -0.05) is 54.1 Å². The molecule has 220 valence electrons. The van der Waals surface area contributed by atoms with Crippen LogP contribution in [0.25, 0.3) is 22.0 Å². The molecule has 0 spiro atoms. The summed E-state index contributed by atoms with van der Waals surface area (Å²) in [5.74, 6) is -4.76. The van der Waals surface area contributed by atoms with Crippen molar-refractivity contribution < 1.29 is 23.4 Å². The van der Waals surface area contributed by atoms with E-state index in [1.807, 2.05) is 25.2 Å². The molecule has 1 aliphatic carbocycles. The average Bonchev–Trinajstić information content (AvgIpc) is 3.52. The van der Waals surface area contributed by atoms with Crippen molar-refractivity contribution in [2.45, 2.75) is 49.9 Å². The Hall–Kier alpha value is -3.53. The first-order chi connectivity index (χ1) is 20.2. The van der Waals surface area contributed by atoms with E-state index >= 15 is 8.78 Å². The van der Waals surface area contributed by atoms with Crippen LogP contribution in [0.15, 0.2) is 66.9 Å². The first-order valence-electron chi connectivity index (χ1n) is 14.3. The van der Waals surface area contributed by atoms with Crippen LogP contribution in [0.3, 0.4) is 0 Å². The van der Waals surface area contributed by atoms with Crippen LogP contribution in [-0.4, -0.2) is 57.5 Å². The highest BCUT2D eigenvalue weighted by Gasteiger charge is 2.43. The van der Waals surface area contributed by atoms with Crippen molar-refractivity contribution in [3.05, 3.63) is 83.0 Å². The van der Waals surface area contributed by atoms with Crippen LogP contribution in [0.5, 0.6) is 5.75 Å². The molecule has 2 heterocycles. The van der Waals surface area contributed by atoms with E-state index in [9.17, 15) is 9.90 Å². The SMILES string of the molecule is Cn1ncc2ccc(-c3ccc(C(F)(F)C(=O)NC(CN4CCCC4)C(O)c4ccc(OC5CC5)c(Cl)c4)cc3)cc21. The van der Waals surface area contributed by atoms with Crippen LogP contribution in [-0.2, 0) is 17.8 Å². The van der Waals surface area contributed by atoms with Gasteiger partial charge in [0.05, 0.1) is 28.9 Å². The van der Waals surface area contributed by atoms with Gasteiger partial charge in [-0.3, -0.25) is 9.48 Å². The quantitative estimate of drug-likeness (QED) is 0.241. The summed E-state index contributed by atoms with van der Waals surface area (Å²) in [4.78, 5) is 15.2. The Morgan fingerprint density at radius 2 is 1.81 bits per heavy atom. The number of rotatable bonds is 10. The molecule has 1 saturated heterocycles. The van der Waals surface area contributed by atoms with Crippen molar-refractivity contribution in [2.75, 3.05) is 19.6 Å². The maximum absolute atomic E-state index is 15.5. The number of aliphatic hydroxyl groups excluding tert-OH is 1. The highest BCUT2D eigenvalue weighted by atomic mass is 35.5. The third kappa shape index (κ3) is 6.00. The number of hydrogen-bond acceptors (Lipinski definition) is 5. The first kappa shape index (κ1) is 28.6. The van der Waals surface area contributed by atoms with Gasteiger partial charge in [0.1, 0.15) is 11.9 Å². The molecule has 1 amide bonds. The van der Waals surface area contributed by atoms with Gasteiger partial charge in [-0.2, -0.15) is 13.9 Å². The summed E-state index contributed by atoms with van der Waals surface area (Å²) in [5.41, 5.74) is 2.52. The molecule has 0 radical (unpaired) electrons. The zero-order valence-electron chi connectivity index (χ0n) is 23.3. The number of fused-ring (bicyclic) bond motifs is 1. The topological polar surface area (TPSA) is 79.6 Å². The molecule has 2 N–H and O–H groups in total. The second-order valence-electron chi connectivity index (χ2n) is 11.2. The Labute approximate surface area is 248 Å². The van der Waals surface area contributed by atoms with Gasteiger partial charge in [0.15, 0.2) is 0 Å². The number of aryl methyl sites for hydroxylation is 1. The summed E-state index contributed by atoms with van der Waals surface area (Å²) < 4.78 is 38.6. The van der Waals surface area contributed by atoms with Crippen molar-refractivity contribution in [3.8, 4) is 16.9 Å². The molecule has 1 aliphatic heterocycles. The van der Waals surface area contributed by atoms with Crippen molar-refractivity contribution >= 4 is 28.4 Å². The number of nitrogens with zero attached hydrogens (tertiary/aromatic N) is 3. The number of alkyl halides is 2. The molecule has 42 heavy (non-hydrogen) atoms. The Morgan fingerprint density at radius 3 is 2.50 bits per heavy atom. The van der Waals surface area contributed by atoms with Gasteiger partial charge in [-0.05, 0) is 73.7 Å². The highest BCUT2D eigenvalue weighted by molar-refractivity contribution is 6.32. The Balaban J connectivity index is 1.20. The molecule has 1 saturated carbocycles. The number of benzene rings is 3. The lowest BCUT2D eigenvalue weighted by molar-refractivity contribution is -0.149. The molecule has 1 aromatic heterocycles. The van der Waals surface area contributed by atoms with Gasteiger partial charge in [-0.15, -0.1) is 0 Å². The number of aliphatic hydroxyl groups is 1. The van der Waals surface area contributed by atoms with Gasteiger partial charge in [0.25, 0.3) is 5.91 Å². The van der Waals surface area contributed by atoms with E-state index in [1.54, 1.807) is 41.2 Å². The molecular weight excluding hydrogens is 562 g/mol. The Kier molecular flexibility index (Phi) is 7.91. The van der Waals surface area contributed by atoms with E-state index in [2.05, 4.69) is 15.3 Å². The molecule has 7 nitrogen and oxygen atoms in total. The number of carbonyl (C=O) groups is 1. The summed E-state index contributed by atoms with van der Waals surface area (Å²) in [6.45, 7) is 1.78. The molecule has 6 rings (SSSR count). The Morgan fingerprint density at radius 1 is 1.10 bits per heavy atom. The van der Waals surface area contributed by atoms with Crippen molar-refractivity contribution in [3.63, 3.8) is 0 Å². The number of halogens is 3. The zero-order valence-corrected chi connectivity index (χ0v) is 24.0. The monoisotopic (exact) mass is 594 g/mol. The third-order valence-electron chi connectivity index (χ3n) is 8.08. The number of ether oxygens (including phenoxy) is 1. The first-order valence-corrected chi connectivity index (χ1v) is 14.6. The number of nitrogens with one attached hydrogen (secondary N) is 1. The summed E-state index contributed by atoms with van der Waals surface area (Å²) in [6.07, 6.45) is 4.58. The fraction of sp³-hybridized carbons (Fsp3) is 0.375. The molecule has 2 unspecified atom stereocenters. The molecule has 2 aliphatic rings. The van der Waals surface area contributed by atoms with E-state index < -0.39 is 29.5 Å². The summed E-state index contributed by atoms with van der Waals surface area (Å²) >= 11 is 6.41. The third-order valence-corrected chi connectivity index (χ3v) is 8.38. The predicted octanol–water partition coefficient (Wildman–Crippen LogP) is 5.84. The maximum atomic E-state index is 15.5. The summed E-state index contributed by atoms with van der Waals surface area (Å²) in [7, 11) is 1.84. The number of hydrogen-bond donors (Lipinski definition) is 2. The van der Waals surface area contributed by atoms with Crippen LogP contribution in [0.1, 0.15) is 42.9 Å². The second-order valence-corrected chi connectivity index (χ2v) is 11.6. The van der Waals surface area contributed by atoms with Crippen LogP contribution in [0.4, 0.5) is 8.78 Å². The number of carbonyl (C=O) groups excluding carboxylic acids is 1. The Bertz CT molecular complexity index is 1580. The van der Waals surface area contributed by atoms with E-state index in [0.29, 0.717) is 16.3 Å². The van der Waals surface area contributed by atoms with E-state index in [1.165, 1.54) is 12.1 Å². The second kappa shape index (κ2) is 11.6. The minimum atomic E-state index is -3.81. The van der Waals surface area contributed by atoms with E-state index in [-0.39, 0.29) is 12.6 Å². The van der Waals surface area contributed by atoms with Gasteiger partial charge < -0.3 is 20.1 Å². The molecule has 2 atom stereocenters. The fourth-order valence-electron chi connectivity index (χ4n) is 5.45. The molecule has 4 aromatic rings. The minimum Gasteiger partial charge on any atom is -0.489 e. The van der Waals surface area contributed by atoms with E-state index in [4.69, 9.17) is 16.3 Å². The van der Waals surface area contributed by atoms with Gasteiger partial charge >= 0.3 is 5.92 Å². The lowest BCUT2D eigenvalue weighted by Gasteiger charge is -2.30. The lowest BCUT2D eigenvalue weighted by atomic mass is 9.98. The van der Waals surface area contributed by atoms with Crippen molar-refractivity contribution in [1.29, 1.82) is 0 Å². The smallest absolute Gasteiger partial charge is 0.349 e. The lowest BCUT2D eigenvalue weighted by Crippen LogP contribution is -2.50. The molecular formula is C32H33ClF2N4O3. The average molecular weight is 595 g/mol. The number of amides is 1. The van der Waals surface area contributed by atoms with Crippen molar-refractivity contribution in [1.82, 2.24) is 20.0 Å². The largest absolute Gasteiger partial charge is 0.489 e. The normalized spacial score (nSPS) is 17.4. The van der Waals surface area contributed by atoms with Crippen LogP contribution < -0.4 is 10.1 Å². The molecule has 2 fully saturated rings. The summed E-state index contributed by atoms with van der Waals surface area (Å²) in [6, 6.07) is 15.4. The molecule has 10 heteroatoms. The van der Waals surface area contributed by atoms with Gasteiger partial charge in [-0.25, -0.2) is 0 Å². The van der Waals surface area contributed by atoms with Gasteiger partial charge in [0.2, 0.25) is 0 Å². The predicted molar refractivity (Wildman–Crippen MR) is 158 cm³/mol. The standard InChI is InChI=1S/C32H33ClF2N4O3/c1-38-28-17-21(4-5-23(28)18-36-38)20-6-9-24(10-7-20)32(34,35)31(41)37-27(19-39-14-2-3-15-39)30(40)22-8-13-29(26(33)16-22)42-25-11-12-25/h4-10,13,16-18,25,27,30,40H,2-3,11-12,14-15,19H2,1H3,(H,37,41). The van der Waals surface area contributed by atoms with Crippen LogP contribution >= 0.6 is 11.6 Å².